The van der Waals surface area contributed by atoms with Crippen molar-refractivity contribution in [3.8, 4) is 5.75 Å². The van der Waals surface area contributed by atoms with Gasteiger partial charge in [0.1, 0.15) is 19.0 Å². The van der Waals surface area contributed by atoms with E-state index in [4.69, 9.17) is 9.47 Å². The zero-order valence-electron chi connectivity index (χ0n) is 10.8. The van der Waals surface area contributed by atoms with E-state index in [0.717, 1.165) is 17.3 Å². The molecule has 0 aliphatic heterocycles. The minimum Gasteiger partial charge on any atom is -0.490 e. The molecule has 0 fully saturated rings. The molecule has 0 aliphatic rings. The maximum atomic E-state index is 11.6. The maximum absolute atomic E-state index is 11.6. The molecule has 1 heterocycles. The Kier molecular flexibility index (Phi) is 4.46. The number of aryl methyl sites for hydroxylation is 2. The van der Waals surface area contributed by atoms with Gasteiger partial charge in [0.05, 0.1) is 5.69 Å². The summed E-state index contributed by atoms with van der Waals surface area (Å²) in [6.07, 6.45) is 0. The number of benzene rings is 1. The summed E-state index contributed by atoms with van der Waals surface area (Å²) in [6.45, 7) is 4.25. The lowest BCUT2D eigenvalue weighted by atomic mass is 10.2. The van der Waals surface area contributed by atoms with Crippen molar-refractivity contribution in [2.75, 3.05) is 13.2 Å². The third-order valence-electron chi connectivity index (χ3n) is 2.44. The number of aromatic nitrogens is 2. The van der Waals surface area contributed by atoms with Crippen LogP contribution in [0.2, 0.25) is 0 Å². The largest absolute Gasteiger partial charge is 0.490 e. The lowest BCUT2D eigenvalue weighted by molar-refractivity contribution is 0.0455. The van der Waals surface area contributed by atoms with Crippen LogP contribution in [0, 0.1) is 13.8 Å². The van der Waals surface area contributed by atoms with Gasteiger partial charge in [0.15, 0.2) is 4.88 Å². The predicted octanol–water partition coefficient (Wildman–Crippen LogP) is 2.39. The molecule has 0 amide bonds. The van der Waals surface area contributed by atoms with Crippen LogP contribution in [0.15, 0.2) is 24.3 Å². The van der Waals surface area contributed by atoms with Crippen molar-refractivity contribution in [3.05, 3.63) is 40.4 Å². The van der Waals surface area contributed by atoms with Crippen molar-refractivity contribution in [1.29, 1.82) is 0 Å². The highest BCUT2D eigenvalue weighted by Gasteiger charge is 2.14. The average Bonchev–Trinajstić information content (AvgIpc) is 2.83. The minimum atomic E-state index is -0.403. The molecule has 0 radical (unpaired) electrons. The Balaban J connectivity index is 1.74. The molecule has 100 valence electrons. The van der Waals surface area contributed by atoms with Gasteiger partial charge in [-0.05, 0) is 37.5 Å². The van der Waals surface area contributed by atoms with E-state index in [-0.39, 0.29) is 6.61 Å². The van der Waals surface area contributed by atoms with Crippen LogP contribution in [-0.2, 0) is 4.74 Å². The monoisotopic (exact) mass is 278 g/mol. The van der Waals surface area contributed by atoms with Crippen LogP contribution < -0.4 is 4.74 Å². The molecular weight excluding hydrogens is 264 g/mol. The molecule has 6 heteroatoms. The van der Waals surface area contributed by atoms with Gasteiger partial charge >= 0.3 is 5.97 Å². The van der Waals surface area contributed by atoms with Crippen LogP contribution in [0.1, 0.15) is 20.9 Å². The fourth-order valence-electron chi connectivity index (χ4n) is 1.41. The van der Waals surface area contributed by atoms with Crippen LogP contribution in [0.5, 0.6) is 5.75 Å². The highest BCUT2D eigenvalue weighted by atomic mass is 32.1. The summed E-state index contributed by atoms with van der Waals surface area (Å²) >= 11 is 1.04. The first kappa shape index (κ1) is 13.5. The lowest BCUT2D eigenvalue weighted by Crippen LogP contribution is -2.12. The topological polar surface area (TPSA) is 61.3 Å². The number of carbonyl (C=O) groups excluding carboxylic acids is 1. The summed E-state index contributed by atoms with van der Waals surface area (Å²) in [6, 6.07) is 7.70. The molecule has 0 unspecified atom stereocenters. The number of esters is 1. The Morgan fingerprint density at radius 2 is 1.95 bits per heavy atom. The van der Waals surface area contributed by atoms with Crippen LogP contribution in [-0.4, -0.2) is 28.8 Å². The molecule has 0 saturated carbocycles. The summed E-state index contributed by atoms with van der Waals surface area (Å²) in [7, 11) is 0. The van der Waals surface area contributed by atoms with Crippen LogP contribution in [0.3, 0.4) is 0 Å². The second-order valence-corrected chi connectivity index (χ2v) is 4.74. The molecular formula is C13H14N2O3S. The molecule has 1 aromatic carbocycles. The van der Waals surface area contributed by atoms with Gasteiger partial charge in [0.25, 0.3) is 0 Å². The third-order valence-corrected chi connectivity index (χ3v) is 3.25. The molecule has 0 N–H and O–H groups in total. The molecule has 1 aromatic heterocycles. The normalized spacial score (nSPS) is 10.2. The zero-order valence-corrected chi connectivity index (χ0v) is 11.6. The van der Waals surface area contributed by atoms with Crippen molar-refractivity contribution in [3.63, 3.8) is 0 Å². The Morgan fingerprint density at radius 1 is 1.21 bits per heavy atom. The van der Waals surface area contributed by atoms with E-state index < -0.39 is 5.97 Å². The van der Waals surface area contributed by atoms with E-state index in [1.54, 1.807) is 6.92 Å². The van der Waals surface area contributed by atoms with E-state index in [0.29, 0.717) is 17.2 Å². The Bertz CT molecular complexity index is 551. The molecule has 5 nitrogen and oxygen atoms in total. The SMILES string of the molecule is Cc1ccc(OCCOC(=O)c2snnc2C)cc1. The molecule has 0 saturated heterocycles. The van der Waals surface area contributed by atoms with Gasteiger partial charge in [-0.3, -0.25) is 0 Å². The first-order valence-electron chi connectivity index (χ1n) is 5.82. The van der Waals surface area contributed by atoms with Gasteiger partial charge in [-0.25, -0.2) is 4.79 Å². The van der Waals surface area contributed by atoms with E-state index in [9.17, 15) is 4.79 Å². The number of hydrogen-bond acceptors (Lipinski definition) is 6. The Hall–Kier alpha value is -1.95. The zero-order chi connectivity index (χ0) is 13.7. The molecule has 0 aliphatic carbocycles. The molecule has 0 spiro atoms. The maximum Gasteiger partial charge on any atom is 0.352 e. The summed E-state index contributed by atoms with van der Waals surface area (Å²) in [5.41, 5.74) is 1.77. The quantitative estimate of drug-likeness (QED) is 0.621. The highest BCUT2D eigenvalue weighted by Crippen LogP contribution is 2.12. The van der Waals surface area contributed by atoms with Crippen molar-refractivity contribution >= 4 is 17.5 Å². The van der Waals surface area contributed by atoms with E-state index in [1.807, 2.05) is 31.2 Å². The summed E-state index contributed by atoms with van der Waals surface area (Å²) < 4.78 is 14.2. The smallest absolute Gasteiger partial charge is 0.352 e. The van der Waals surface area contributed by atoms with Gasteiger partial charge in [0, 0.05) is 0 Å². The van der Waals surface area contributed by atoms with Crippen molar-refractivity contribution < 1.29 is 14.3 Å². The third kappa shape index (κ3) is 3.75. The second-order valence-electron chi connectivity index (χ2n) is 3.98. The summed E-state index contributed by atoms with van der Waals surface area (Å²) in [5.74, 6) is 0.359. The first-order valence-corrected chi connectivity index (χ1v) is 6.59. The van der Waals surface area contributed by atoms with Crippen molar-refractivity contribution in [1.82, 2.24) is 9.59 Å². The van der Waals surface area contributed by atoms with Crippen molar-refractivity contribution in [2.45, 2.75) is 13.8 Å². The molecule has 19 heavy (non-hydrogen) atoms. The first-order chi connectivity index (χ1) is 9.16. The number of ether oxygens (including phenoxy) is 2. The summed E-state index contributed by atoms with van der Waals surface area (Å²) in [4.78, 5) is 12.1. The van der Waals surface area contributed by atoms with Crippen molar-refractivity contribution in [2.24, 2.45) is 0 Å². The standard InChI is InChI=1S/C13H14N2O3S/c1-9-3-5-11(6-4-9)17-7-8-18-13(16)12-10(2)14-15-19-12/h3-6H,7-8H2,1-2H3. The number of nitrogens with zero attached hydrogens (tertiary/aromatic N) is 2. The fraction of sp³-hybridized carbons (Fsp3) is 0.308. The lowest BCUT2D eigenvalue weighted by Gasteiger charge is -2.06. The summed E-state index contributed by atoms with van der Waals surface area (Å²) in [5, 5.41) is 3.76. The van der Waals surface area contributed by atoms with Gasteiger partial charge < -0.3 is 9.47 Å². The number of carbonyl (C=O) groups is 1. The minimum absolute atomic E-state index is 0.198. The molecule has 2 aromatic rings. The average molecular weight is 278 g/mol. The van der Waals surface area contributed by atoms with Gasteiger partial charge in [-0.15, -0.1) is 5.10 Å². The van der Waals surface area contributed by atoms with Crippen LogP contribution >= 0.6 is 11.5 Å². The Morgan fingerprint density at radius 3 is 2.58 bits per heavy atom. The van der Waals surface area contributed by atoms with Gasteiger partial charge in [-0.1, -0.05) is 22.2 Å². The van der Waals surface area contributed by atoms with Crippen LogP contribution in [0.25, 0.3) is 0 Å². The molecule has 0 bridgehead atoms. The van der Waals surface area contributed by atoms with Gasteiger partial charge in [0.2, 0.25) is 0 Å². The predicted molar refractivity (Wildman–Crippen MR) is 71.6 cm³/mol. The van der Waals surface area contributed by atoms with E-state index in [2.05, 4.69) is 9.59 Å². The fourth-order valence-corrected chi connectivity index (χ4v) is 1.96. The Labute approximate surface area is 115 Å². The molecule has 0 atom stereocenters. The molecule has 2 rings (SSSR count). The number of rotatable bonds is 5. The second kappa shape index (κ2) is 6.29. The highest BCUT2D eigenvalue weighted by molar-refractivity contribution is 7.07. The van der Waals surface area contributed by atoms with Gasteiger partial charge in [-0.2, -0.15) is 0 Å². The van der Waals surface area contributed by atoms with E-state index in [1.165, 1.54) is 5.56 Å². The van der Waals surface area contributed by atoms with E-state index >= 15 is 0 Å². The van der Waals surface area contributed by atoms with Crippen LogP contribution in [0.4, 0.5) is 0 Å². The number of hydrogen-bond donors (Lipinski definition) is 0.